The third-order valence-electron chi connectivity index (χ3n) is 13.3. The predicted octanol–water partition coefficient (Wildman–Crippen LogP) is 16.2. The monoisotopic (exact) mass is 789 g/mol. The van der Waals surface area contributed by atoms with E-state index in [-0.39, 0.29) is 0 Å². The topological polar surface area (TPSA) is 6.48 Å². The SMILES string of the molecule is CCc1cccc(C)c1N(c1ccc(/C=C\C2C=CC=CC2)cc1)c1ccc(-c2ccc(N(C3=CC=C(/C=C\C4CC=CCC4)CC3)C3C(C)CC=CC3CC)cc2)cc1. The number of hydrogen-bond donors (Lipinski definition) is 0. The molecule has 4 aromatic carbocycles. The molecular formula is C58H64N2. The summed E-state index contributed by atoms with van der Waals surface area (Å²) in [5.41, 5.74) is 14.1. The lowest BCUT2D eigenvalue weighted by Gasteiger charge is -2.44. The van der Waals surface area contributed by atoms with E-state index in [4.69, 9.17) is 0 Å². The summed E-state index contributed by atoms with van der Waals surface area (Å²) >= 11 is 0. The smallest absolute Gasteiger partial charge is 0.0522 e. The minimum atomic E-state index is 0.438. The van der Waals surface area contributed by atoms with Crippen LogP contribution < -0.4 is 9.80 Å². The van der Waals surface area contributed by atoms with Crippen LogP contribution in [0, 0.1) is 30.6 Å². The van der Waals surface area contributed by atoms with Crippen LogP contribution in [-0.2, 0) is 6.42 Å². The highest BCUT2D eigenvalue weighted by Crippen LogP contribution is 2.42. The van der Waals surface area contributed by atoms with E-state index in [1.165, 1.54) is 81.1 Å². The summed E-state index contributed by atoms with van der Waals surface area (Å²) in [6, 6.07) is 34.8. The molecule has 0 spiro atoms. The summed E-state index contributed by atoms with van der Waals surface area (Å²) in [7, 11) is 0. The second kappa shape index (κ2) is 19.6. The van der Waals surface area contributed by atoms with Crippen molar-refractivity contribution < 1.29 is 0 Å². The van der Waals surface area contributed by atoms with Gasteiger partial charge in [0, 0.05) is 28.8 Å². The zero-order valence-electron chi connectivity index (χ0n) is 36.4. The summed E-state index contributed by atoms with van der Waals surface area (Å²) in [5, 5.41) is 0. The van der Waals surface area contributed by atoms with Crippen molar-refractivity contribution in [3.05, 3.63) is 198 Å². The molecule has 4 aliphatic rings. The Bertz CT molecular complexity index is 2310. The zero-order chi connectivity index (χ0) is 41.3. The van der Waals surface area contributed by atoms with Crippen LogP contribution in [0.2, 0.25) is 0 Å². The van der Waals surface area contributed by atoms with Gasteiger partial charge in [-0.1, -0.05) is 154 Å². The van der Waals surface area contributed by atoms with Gasteiger partial charge in [0.2, 0.25) is 0 Å². The van der Waals surface area contributed by atoms with Gasteiger partial charge >= 0.3 is 0 Å². The Morgan fingerprint density at radius 3 is 2.07 bits per heavy atom. The fourth-order valence-electron chi connectivity index (χ4n) is 9.79. The van der Waals surface area contributed by atoms with Crippen LogP contribution in [0.3, 0.4) is 0 Å². The van der Waals surface area contributed by atoms with Gasteiger partial charge < -0.3 is 9.80 Å². The van der Waals surface area contributed by atoms with E-state index in [2.05, 4.69) is 214 Å². The van der Waals surface area contributed by atoms with Crippen molar-refractivity contribution in [2.75, 3.05) is 9.80 Å². The van der Waals surface area contributed by atoms with Gasteiger partial charge in [-0.05, 0) is 164 Å². The molecule has 5 atom stereocenters. The molecule has 0 radical (unpaired) electrons. The molecule has 4 aliphatic carbocycles. The minimum absolute atomic E-state index is 0.438. The van der Waals surface area contributed by atoms with E-state index in [9.17, 15) is 0 Å². The number of rotatable bonds is 13. The first kappa shape index (κ1) is 41.1. The van der Waals surface area contributed by atoms with Gasteiger partial charge in [0.15, 0.2) is 0 Å². The molecule has 0 aliphatic heterocycles. The molecule has 0 amide bonds. The third kappa shape index (κ3) is 9.55. The summed E-state index contributed by atoms with van der Waals surface area (Å²) in [6.45, 7) is 9.31. The first-order chi connectivity index (χ1) is 29.5. The predicted molar refractivity (Wildman–Crippen MR) is 260 cm³/mol. The molecule has 2 nitrogen and oxygen atoms in total. The molecule has 0 bridgehead atoms. The molecule has 0 saturated carbocycles. The normalized spacial score (nSPS) is 22.6. The van der Waals surface area contributed by atoms with E-state index in [1.807, 2.05) is 0 Å². The number of benzene rings is 4. The maximum atomic E-state index is 2.72. The highest BCUT2D eigenvalue weighted by Gasteiger charge is 2.34. The van der Waals surface area contributed by atoms with Gasteiger partial charge in [0.1, 0.15) is 0 Å². The minimum Gasteiger partial charge on any atom is -0.341 e. The zero-order valence-corrected chi connectivity index (χ0v) is 36.4. The molecule has 306 valence electrons. The maximum absolute atomic E-state index is 2.72. The molecule has 0 fully saturated rings. The van der Waals surface area contributed by atoms with E-state index in [1.54, 1.807) is 0 Å². The van der Waals surface area contributed by atoms with E-state index >= 15 is 0 Å². The highest BCUT2D eigenvalue weighted by molar-refractivity contribution is 5.82. The van der Waals surface area contributed by atoms with Gasteiger partial charge in [0.25, 0.3) is 0 Å². The van der Waals surface area contributed by atoms with Crippen LogP contribution in [0.4, 0.5) is 22.7 Å². The fraction of sp³-hybridized carbons (Fsp3) is 0.310. The molecule has 5 unspecified atom stereocenters. The fourth-order valence-corrected chi connectivity index (χ4v) is 9.79. The molecule has 4 aromatic rings. The number of hydrogen-bond acceptors (Lipinski definition) is 2. The molecule has 0 saturated heterocycles. The quantitative estimate of drug-likeness (QED) is 0.125. The molecule has 2 heteroatoms. The van der Waals surface area contributed by atoms with Gasteiger partial charge in [-0.2, -0.15) is 0 Å². The van der Waals surface area contributed by atoms with E-state index in [0.717, 1.165) is 38.5 Å². The largest absolute Gasteiger partial charge is 0.341 e. The van der Waals surface area contributed by atoms with Gasteiger partial charge in [0.05, 0.1) is 5.69 Å². The molecule has 0 aromatic heterocycles. The Balaban J connectivity index is 1.07. The number of nitrogens with zero attached hydrogens (tertiary/aromatic N) is 2. The molecular weight excluding hydrogens is 725 g/mol. The molecule has 0 N–H and O–H groups in total. The second-order valence-corrected chi connectivity index (χ2v) is 17.4. The van der Waals surface area contributed by atoms with Crippen LogP contribution in [0.5, 0.6) is 0 Å². The molecule has 0 heterocycles. The van der Waals surface area contributed by atoms with E-state index < -0.39 is 0 Å². The maximum Gasteiger partial charge on any atom is 0.0522 e. The van der Waals surface area contributed by atoms with Crippen molar-refractivity contribution in [3.63, 3.8) is 0 Å². The lowest BCUT2D eigenvalue weighted by Crippen LogP contribution is -2.45. The van der Waals surface area contributed by atoms with Crippen molar-refractivity contribution in [1.29, 1.82) is 0 Å². The van der Waals surface area contributed by atoms with E-state index in [0.29, 0.717) is 29.7 Å². The summed E-state index contributed by atoms with van der Waals surface area (Å²) in [4.78, 5) is 5.17. The van der Waals surface area contributed by atoms with Crippen LogP contribution in [0.25, 0.3) is 17.2 Å². The Kier molecular flexibility index (Phi) is 13.5. The summed E-state index contributed by atoms with van der Waals surface area (Å²) in [5.74, 6) is 2.25. The summed E-state index contributed by atoms with van der Waals surface area (Å²) < 4.78 is 0. The van der Waals surface area contributed by atoms with Crippen molar-refractivity contribution in [2.24, 2.45) is 23.7 Å². The van der Waals surface area contributed by atoms with Gasteiger partial charge in [-0.25, -0.2) is 0 Å². The van der Waals surface area contributed by atoms with Crippen LogP contribution in [0.15, 0.2) is 181 Å². The molecule has 60 heavy (non-hydrogen) atoms. The highest BCUT2D eigenvalue weighted by atomic mass is 15.2. The van der Waals surface area contributed by atoms with Crippen molar-refractivity contribution in [2.45, 2.75) is 91.5 Å². The van der Waals surface area contributed by atoms with Gasteiger partial charge in [-0.3, -0.25) is 0 Å². The van der Waals surface area contributed by atoms with Crippen molar-refractivity contribution in [1.82, 2.24) is 0 Å². The van der Waals surface area contributed by atoms with Crippen molar-refractivity contribution >= 4 is 28.8 Å². The lowest BCUT2D eigenvalue weighted by molar-refractivity contribution is 0.336. The number of aryl methyl sites for hydroxylation is 2. The first-order valence-electron chi connectivity index (χ1n) is 22.9. The Labute approximate surface area is 361 Å². The Hall–Kier alpha value is -5.60. The second-order valence-electron chi connectivity index (χ2n) is 17.4. The van der Waals surface area contributed by atoms with Crippen LogP contribution in [0.1, 0.15) is 88.8 Å². The average molecular weight is 789 g/mol. The number of allylic oxidation sites excluding steroid dienone is 14. The van der Waals surface area contributed by atoms with Gasteiger partial charge in [-0.15, -0.1) is 0 Å². The third-order valence-corrected chi connectivity index (χ3v) is 13.3. The Morgan fingerprint density at radius 1 is 0.667 bits per heavy atom. The van der Waals surface area contributed by atoms with Crippen molar-refractivity contribution in [3.8, 4) is 11.1 Å². The van der Waals surface area contributed by atoms with Crippen LogP contribution >= 0.6 is 0 Å². The molecule has 8 rings (SSSR count). The van der Waals surface area contributed by atoms with Crippen LogP contribution in [-0.4, -0.2) is 6.04 Å². The lowest BCUT2D eigenvalue weighted by atomic mass is 9.79. The first-order valence-corrected chi connectivity index (χ1v) is 22.9. The average Bonchev–Trinajstić information content (AvgIpc) is 3.30. The number of anilines is 4. The Morgan fingerprint density at radius 2 is 1.42 bits per heavy atom. The standard InChI is InChI=1S/C58H64N2/c1-5-49-21-13-15-43(3)57(49)59(53-35-27-47(28-36-53)25-23-45-17-9-7-10-18-45)55-39-31-51(32-40-55)52-33-41-56(42-34-52)60(58-44(4)16-14-22-50(58)6-2)54-37-29-48(30-38-54)26-24-46-19-11-8-12-20-46/h7-11,13-15,17,21-29,31-37,39-42,44-46,50,58H,5-6,12,16,18-20,30,38H2,1-4H3/b25-23-,26-24-. The summed E-state index contributed by atoms with van der Waals surface area (Å²) in [6.07, 6.45) is 42.8. The number of para-hydroxylation sites is 1.